The van der Waals surface area contributed by atoms with Crippen LogP contribution >= 0.6 is 23.2 Å². The van der Waals surface area contributed by atoms with Gasteiger partial charge in [0.25, 0.3) is 0 Å². The Bertz CT molecular complexity index is 314. The molecule has 0 unspecified atom stereocenters. The van der Waals surface area contributed by atoms with Crippen LogP contribution in [0.4, 0.5) is 9.18 Å². The maximum Gasteiger partial charge on any atom is 0.409 e. The van der Waals surface area contributed by atoms with Gasteiger partial charge in [0, 0.05) is 11.6 Å². The fraction of sp³-hybridized carbons (Fsp3) is 0. The average Bonchev–Trinajstić information content (AvgIpc) is 1.98. The lowest BCUT2D eigenvalue weighted by molar-refractivity contribution is 0.223. The van der Waals surface area contributed by atoms with E-state index < -0.39 is 11.2 Å². The van der Waals surface area contributed by atoms with E-state index in [1.807, 2.05) is 0 Å². The number of hydrogen-bond donors (Lipinski definition) is 0. The molecule has 0 aliphatic heterocycles. The van der Waals surface area contributed by atoms with E-state index in [4.69, 9.17) is 23.2 Å². The smallest absolute Gasteiger partial charge is 0.409 e. The van der Waals surface area contributed by atoms with Crippen molar-refractivity contribution < 1.29 is 13.9 Å². The second-order valence-electron chi connectivity index (χ2n) is 1.89. The molecule has 2 nitrogen and oxygen atoms in total. The molecule has 12 heavy (non-hydrogen) atoms. The molecule has 0 atom stereocenters. The van der Waals surface area contributed by atoms with Gasteiger partial charge in [0.05, 0.1) is 5.02 Å². The molecule has 64 valence electrons. The fourth-order valence-corrected chi connectivity index (χ4v) is 0.898. The maximum atomic E-state index is 12.9. The van der Waals surface area contributed by atoms with E-state index in [1.165, 1.54) is 18.2 Å². The number of carbonyl (C=O) groups is 1. The van der Waals surface area contributed by atoms with E-state index in [0.29, 0.717) is 0 Å². The molecule has 0 bridgehead atoms. The van der Waals surface area contributed by atoms with Crippen LogP contribution in [-0.4, -0.2) is 5.43 Å². The van der Waals surface area contributed by atoms with Crippen molar-refractivity contribution in [2.75, 3.05) is 0 Å². The summed E-state index contributed by atoms with van der Waals surface area (Å²) in [5.41, 5.74) is -1.10. The Kier molecular flexibility index (Phi) is 2.89. The van der Waals surface area contributed by atoms with Gasteiger partial charge in [0.1, 0.15) is 0 Å². The summed E-state index contributed by atoms with van der Waals surface area (Å²) in [7, 11) is 0. The third kappa shape index (κ3) is 2.09. The van der Waals surface area contributed by atoms with Crippen LogP contribution in [0, 0.1) is 5.82 Å². The van der Waals surface area contributed by atoms with E-state index >= 15 is 0 Å². The summed E-state index contributed by atoms with van der Waals surface area (Å²) < 4.78 is 17.2. The van der Waals surface area contributed by atoms with Gasteiger partial charge in [0.2, 0.25) is 0 Å². The van der Waals surface area contributed by atoms with Crippen molar-refractivity contribution in [1.29, 1.82) is 0 Å². The zero-order chi connectivity index (χ0) is 9.14. The van der Waals surface area contributed by atoms with Crippen molar-refractivity contribution in [3.05, 3.63) is 29.0 Å². The average molecular weight is 209 g/mol. The molecule has 5 heteroatoms. The third-order valence-corrected chi connectivity index (χ3v) is 1.48. The minimum atomic E-state index is -1.10. The number of hydrogen-bond acceptors (Lipinski definition) is 2. The number of ether oxygens (including phenoxy) is 1. The van der Waals surface area contributed by atoms with Gasteiger partial charge >= 0.3 is 5.43 Å². The van der Waals surface area contributed by atoms with E-state index in [-0.39, 0.29) is 10.8 Å². The Balaban J connectivity index is 3.00. The minimum absolute atomic E-state index is 0.120. The summed E-state index contributed by atoms with van der Waals surface area (Å²) in [5.74, 6) is -1.07. The molecule has 0 N–H and O–H groups in total. The quantitative estimate of drug-likeness (QED) is 0.663. The molecular weight excluding hydrogens is 206 g/mol. The van der Waals surface area contributed by atoms with E-state index in [1.54, 1.807) is 0 Å². The highest BCUT2D eigenvalue weighted by Gasteiger charge is 2.09. The molecule has 1 rings (SSSR count). The van der Waals surface area contributed by atoms with Crippen molar-refractivity contribution >= 4 is 28.6 Å². The SMILES string of the molecule is O=C(Cl)Oc1cccc(Cl)c1F. The van der Waals surface area contributed by atoms with Crippen molar-refractivity contribution in [2.45, 2.75) is 0 Å². The van der Waals surface area contributed by atoms with Crippen LogP contribution in [0.25, 0.3) is 0 Å². The number of rotatable bonds is 1. The minimum Gasteiger partial charge on any atom is -0.411 e. The number of benzene rings is 1. The normalized spacial score (nSPS) is 9.58. The van der Waals surface area contributed by atoms with Crippen molar-refractivity contribution in [1.82, 2.24) is 0 Å². The summed E-state index contributed by atoms with van der Waals surface area (Å²) in [5, 5.41) is -0.120. The molecule has 1 aromatic carbocycles. The van der Waals surface area contributed by atoms with Crippen LogP contribution in [0.3, 0.4) is 0 Å². The molecule has 0 spiro atoms. The second-order valence-corrected chi connectivity index (χ2v) is 2.61. The van der Waals surface area contributed by atoms with Crippen molar-refractivity contribution in [3.63, 3.8) is 0 Å². The summed E-state index contributed by atoms with van der Waals surface area (Å²) in [6.45, 7) is 0. The molecule has 0 fully saturated rings. The van der Waals surface area contributed by atoms with E-state index in [0.717, 1.165) is 0 Å². The fourth-order valence-electron chi connectivity index (χ4n) is 0.649. The molecule has 0 amide bonds. The Morgan fingerprint density at radius 1 is 1.50 bits per heavy atom. The van der Waals surface area contributed by atoms with E-state index in [9.17, 15) is 9.18 Å². The molecule has 0 aliphatic rings. The zero-order valence-electron chi connectivity index (χ0n) is 5.68. The van der Waals surface area contributed by atoms with Gasteiger partial charge in [-0.15, -0.1) is 0 Å². The first-order valence-electron chi connectivity index (χ1n) is 2.92. The predicted octanol–water partition coefficient (Wildman–Crippen LogP) is 3.22. The van der Waals surface area contributed by atoms with Gasteiger partial charge in [-0.3, -0.25) is 0 Å². The van der Waals surface area contributed by atoms with Crippen LogP contribution in [0.1, 0.15) is 0 Å². The van der Waals surface area contributed by atoms with Gasteiger partial charge in [-0.05, 0) is 12.1 Å². The zero-order valence-corrected chi connectivity index (χ0v) is 7.19. The largest absolute Gasteiger partial charge is 0.411 e. The molecule has 0 saturated heterocycles. The Hall–Kier alpha value is -0.800. The first-order chi connectivity index (χ1) is 5.61. The van der Waals surface area contributed by atoms with E-state index in [2.05, 4.69) is 4.74 Å². The Labute approximate surface area is 77.8 Å². The summed E-state index contributed by atoms with van der Waals surface area (Å²) in [4.78, 5) is 10.2. The molecule has 0 radical (unpaired) electrons. The summed E-state index contributed by atoms with van der Waals surface area (Å²) in [6, 6.07) is 4.03. The maximum absolute atomic E-state index is 12.9. The highest BCUT2D eigenvalue weighted by atomic mass is 35.5. The monoisotopic (exact) mass is 208 g/mol. The lowest BCUT2D eigenvalue weighted by Crippen LogP contribution is -1.98. The second kappa shape index (κ2) is 3.74. The van der Waals surface area contributed by atoms with Gasteiger partial charge in [-0.25, -0.2) is 9.18 Å². The van der Waals surface area contributed by atoms with Crippen LogP contribution in [0.5, 0.6) is 5.75 Å². The molecule has 0 aliphatic carbocycles. The molecule has 1 aromatic rings. The van der Waals surface area contributed by atoms with Crippen molar-refractivity contribution in [2.24, 2.45) is 0 Å². The van der Waals surface area contributed by atoms with Crippen molar-refractivity contribution in [3.8, 4) is 5.75 Å². The number of carbonyl (C=O) groups excluding carboxylic acids is 1. The van der Waals surface area contributed by atoms with Gasteiger partial charge in [-0.1, -0.05) is 17.7 Å². The molecule has 0 heterocycles. The molecular formula is C7H3Cl2FO2. The summed E-state index contributed by atoms with van der Waals surface area (Å²) in [6.07, 6.45) is 0. The van der Waals surface area contributed by atoms with Crippen LogP contribution in [-0.2, 0) is 0 Å². The number of halogens is 3. The topological polar surface area (TPSA) is 26.3 Å². The molecule has 0 saturated carbocycles. The Morgan fingerprint density at radius 2 is 2.17 bits per heavy atom. The lowest BCUT2D eigenvalue weighted by Gasteiger charge is -2.01. The lowest BCUT2D eigenvalue weighted by atomic mass is 10.3. The Morgan fingerprint density at radius 3 is 2.75 bits per heavy atom. The van der Waals surface area contributed by atoms with Crippen LogP contribution < -0.4 is 4.74 Å². The first kappa shape index (κ1) is 9.29. The predicted molar refractivity (Wildman–Crippen MR) is 43.3 cm³/mol. The van der Waals surface area contributed by atoms with Crippen LogP contribution in [0.2, 0.25) is 5.02 Å². The highest BCUT2D eigenvalue weighted by Crippen LogP contribution is 2.24. The third-order valence-electron chi connectivity index (χ3n) is 1.11. The van der Waals surface area contributed by atoms with Gasteiger partial charge in [-0.2, -0.15) is 0 Å². The standard InChI is InChI=1S/C7H3Cl2FO2/c8-4-2-1-3-5(6(4)10)12-7(9)11/h1-3H. The van der Waals surface area contributed by atoms with Gasteiger partial charge in [0.15, 0.2) is 11.6 Å². The molecule has 0 aromatic heterocycles. The summed E-state index contributed by atoms with van der Waals surface area (Å²) >= 11 is 10.3. The van der Waals surface area contributed by atoms with Crippen LogP contribution in [0.15, 0.2) is 18.2 Å². The highest BCUT2D eigenvalue weighted by molar-refractivity contribution is 6.61. The first-order valence-corrected chi connectivity index (χ1v) is 3.68. The van der Waals surface area contributed by atoms with Gasteiger partial charge < -0.3 is 4.74 Å².